The fourth-order valence-electron chi connectivity index (χ4n) is 1.89. The number of ether oxygens (including phenoxy) is 2. The molecule has 0 aliphatic carbocycles. The number of non-ortho nitro benzene ring substituents is 1. The Labute approximate surface area is 122 Å². The van der Waals surface area contributed by atoms with Crippen LogP contribution in [-0.2, 0) is 13.2 Å². The molecular formula is C14H17N3O4. The zero-order chi connectivity index (χ0) is 15.2. The molecule has 2 aromatic rings. The summed E-state index contributed by atoms with van der Waals surface area (Å²) in [5.41, 5.74) is 0.652. The summed E-state index contributed by atoms with van der Waals surface area (Å²) in [6.45, 7) is 3.11. The topological polar surface area (TPSA) is 79.4 Å². The van der Waals surface area contributed by atoms with Gasteiger partial charge in [0.15, 0.2) is 5.75 Å². The van der Waals surface area contributed by atoms with E-state index in [2.05, 4.69) is 12.0 Å². The molecule has 1 aromatic carbocycles. The van der Waals surface area contributed by atoms with Crippen LogP contribution in [0.2, 0.25) is 0 Å². The van der Waals surface area contributed by atoms with E-state index in [-0.39, 0.29) is 12.3 Å². The number of hydrogen-bond donors (Lipinski definition) is 0. The summed E-state index contributed by atoms with van der Waals surface area (Å²) in [5, 5.41) is 15.0. The van der Waals surface area contributed by atoms with E-state index in [9.17, 15) is 10.1 Å². The van der Waals surface area contributed by atoms with Crippen LogP contribution in [0, 0.1) is 10.1 Å². The van der Waals surface area contributed by atoms with Crippen molar-refractivity contribution in [3.63, 3.8) is 0 Å². The first-order valence-electron chi connectivity index (χ1n) is 6.60. The molecule has 7 nitrogen and oxygen atoms in total. The molecule has 2 rings (SSSR count). The molecule has 0 aliphatic heterocycles. The Morgan fingerprint density at radius 2 is 2.14 bits per heavy atom. The van der Waals surface area contributed by atoms with Crippen LogP contribution in [0.5, 0.6) is 11.5 Å². The minimum absolute atomic E-state index is 0.0189. The molecule has 0 unspecified atom stereocenters. The van der Waals surface area contributed by atoms with Gasteiger partial charge in [-0.05, 0) is 18.1 Å². The number of nitro groups is 1. The average Bonchev–Trinajstić information content (AvgIpc) is 2.93. The predicted molar refractivity (Wildman–Crippen MR) is 76.5 cm³/mol. The Bertz CT molecular complexity index is 624. The second kappa shape index (κ2) is 6.74. The van der Waals surface area contributed by atoms with E-state index in [1.807, 2.05) is 0 Å². The van der Waals surface area contributed by atoms with Gasteiger partial charge in [0.05, 0.1) is 30.5 Å². The Hall–Kier alpha value is -2.57. The highest BCUT2D eigenvalue weighted by Crippen LogP contribution is 2.23. The molecule has 0 radical (unpaired) electrons. The maximum atomic E-state index is 10.9. The fourth-order valence-corrected chi connectivity index (χ4v) is 1.89. The van der Waals surface area contributed by atoms with E-state index in [1.165, 1.54) is 19.2 Å². The zero-order valence-corrected chi connectivity index (χ0v) is 12.0. The van der Waals surface area contributed by atoms with Crippen LogP contribution in [0.3, 0.4) is 0 Å². The van der Waals surface area contributed by atoms with Crippen LogP contribution in [0.4, 0.5) is 5.69 Å². The van der Waals surface area contributed by atoms with Gasteiger partial charge in [0.25, 0.3) is 5.69 Å². The number of rotatable bonds is 7. The molecule has 0 saturated carbocycles. The highest BCUT2D eigenvalue weighted by atomic mass is 16.6. The minimum atomic E-state index is -0.453. The molecule has 0 N–H and O–H groups in total. The lowest BCUT2D eigenvalue weighted by Gasteiger charge is -2.06. The van der Waals surface area contributed by atoms with Gasteiger partial charge in [-0.2, -0.15) is 5.10 Å². The zero-order valence-electron chi connectivity index (χ0n) is 12.0. The van der Waals surface area contributed by atoms with Gasteiger partial charge in [0.2, 0.25) is 0 Å². The summed E-state index contributed by atoms with van der Waals surface area (Å²) >= 11 is 0. The molecule has 1 heterocycles. The number of nitrogens with zero attached hydrogens (tertiary/aromatic N) is 3. The minimum Gasteiger partial charge on any atom is -0.496 e. The van der Waals surface area contributed by atoms with Crippen molar-refractivity contribution in [1.82, 2.24) is 9.78 Å². The lowest BCUT2D eigenvalue weighted by atomic mass is 10.2. The molecule has 112 valence electrons. The van der Waals surface area contributed by atoms with Gasteiger partial charge in [-0.15, -0.1) is 0 Å². The van der Waals surface area contributed by atoms with Crippen molar-refractivity contribution in [2.45, 2.75) is 26.5 Å². The normalized spacial score (nSPS) is 10.4. The van der Waals surface area contributed by atoms with E-state index >= 15 is 0 Å². The Kier molecular flexibility index (Phi) is 4.76. The van der Waals surface area contributed by atoms with Gasteiger partial charge in [0.1, 0.15) is 12.4 Å². The molecule has 0 amide bonds. The Morgan fingerprint density at radius 3 is 2.81 bits per heavy atom. The third-order valence-electron chi connectivity index (χ3n) is 2.87. The molecule has 0 spiro atoms. The number of aryl methyl sites for hydroxylation is 1. The molecule has 21 heavy (non-hydrogen) atoms. The first-order valence-corrected chi connectivity index (χ1v) is 6.60. The van der Waals surface area contributed by atoms with E-state index < -0.39 is 4.92 Å². The van der Waals surface area contributed by atoms with Crippen molar-refractivity contribution in [2.24, 2.45) is 0 Å². The van der Waals surface area contributed by atoms with E-state index in [1.54, 1.807) is 23.1 Å². The Morgan fingerprint density at radius 1 is 1.33 bits per heavy atom. The van der Waals surface area contributed by atoms with Gasteiger partial charge in [-0.3, -0.25) is 14.8 Å². The second-order valence-corrected chi connectivity index (χ2v) is 4.52. The van der Waals surface area contributed by atoms with Crippen LogP contribution in [0.15, 0.2) is 30.6 Å². The molecule has 0 atom stereocenters. The second-order valence-electron chi connectivity index (χ2n) is 4.52. The molecule has 0 bridgehead atoms. The SMILES string of the molecule is CCCn1cc(OCc2cc(OC)cc([N+](=O)[O-])c2)cn1. The summed E-state index contributed by atoms with van der Waals surface area (Å²) in [6.07, 6.45) is 4.42. The standard InChI is InChI=1S/C14H17N3O4/c1-3-4-16-9-14(8-15-16)21-10-11-5-12(17(18)19)7-13(6-11)20-2/h5-9H,3-4,10H2,1-2H3. The van der Waals surface area contributed by atoms with Gasteiger partial charge < -0.3 is 9.47 Å². The van der Waals surface area contributed by atoms with Crippen molar-refractivity contribution in [2.75, 3.05) is 7.11 Å². The molecular weight excluding hydrogens is 274 g/mol. The van der Waals surface area contributed by atoms with Crippen LogP contribution in [0.1, 0.15) is 18.9 Å². The van der Waals surface area contributed by atoms with Crippen LogP contribution in [-0.4, -0.2) is 21.8 Å². The lowest BCUT2D eigenvalue weighted by molar-refractivity contribution is -0.385. The Balaban J connectivity index is 2.07. The summed E-state index contributed by atoms with van der Waals surface area (Å²) < 4.78 is 12.4. The number of benzene rings is 1. The van der Waals surface area contributed by atoms with Crippen molar-refractivity contribution in [1.29, 1.82) is 0 Å². The number of aromatic nitrogens is 2. The molecule has 1 aromatic heterocycles. The summed E-state index contributed by atoms with van der Waals surface area (Å²) in [6, 6.07) is 4.56. The first kappa shape index (κ1) is 14.8. The quantitative estimate of drug-likeness (QED) is 0.579. The van der Waals surface area contributed by atoms with Gasteiger partial charge in [-0.25, -0.2) is 0 Å². The molecule has 0 aliphatic rings. The maximum Gasteiger partial charge on any atom is 0.273 e. The molecule has 0 saturated heterocycles. The van der Waals surface area contributed by atoms with Crippen LogP contribution >= 0.6 is 0 Å². The van der Waals surface area contributed by atoms with E-state index in [0.29, 0.717) is 17.1 Å². The van der Waals surface area contributed by atoms with Crippen molar-refractivity contribution < 1.29 is 14.4 Å². The highest BCUT2D eigenvalue weighted by molar-refractivity contribution is 5.42. The maximum absolute atomic E-state index is 10.9. The van der Waals surface area contributed by atoms with Crippen LogP contribution < -0.4 is 9.47 Å². The monoisotopic (exact) mass is 291 g/mol. The summed E-state index contributed by atoms with van der Waals surface area (Å²) in [5.74, 6) is 1.07. The van der Waals surface area contributed by atoms with Gasteiger partial charge >= 0.3 is 0 Å². The third kappa shape index (κ3) is 3.95. The average molecular weight is 291 g/mol. The molecule has 0 fully saturated rings. The van der Waals surface area contributed by atoms with Crippen LogP contribution in [0.25, 0.3) is 0 Å². The smallest absolute Gasteiger partial charge is 0.273 e. The van der Waals surface area contributed by atoms with E-state index in [0.717, 1.165) is 13.0 Å². The first-order chi connectivity index (χ1) is 10.1. The largest absolute Gasteiger partial charge is 0.496 e. The third-order valence-corrected chi connectivity index (χ3v) is 2.87. The molecule has 7 heteroatoms. The van der Waals surface area contributed by atoms with Gasteiger partial charge in [0, 0.05) is 12.6 Å². The number of nitro benzene ring substituents is 1. The summed E-state index contributed by atoms with van der Waals surface area (Å²) in [4.78, 5) is 10.4. The fraction of sp³-hybridized carbons (Fsp3) is 0.357. The van der Waals surface area contributed by atoms with E-state index in [4.69, 9.17) is 9.47 Å². The number of hydrogen-bond acceptors (Lipinski definition) is 5. The van der Waals surface area contributed by atoms with Crippen molar-refractivity contribution in [3.05, 3.63) is 46.3 Å². The lowest BCUT2D eigenvalue weighted by Crippen LogP contribution is -1.98. The highest BCUT2D eigenvalue weighted by Gasteiger charge is 2.11. The van der Waals surface area contributed by atoms with Crippen molar-refractivity contribution >= 4 is 5.69 Å². The van der Waals surface area contributed by atoms with Crippen molar-refractivity contribution in [3.8, 4) is 11.5 Å². The predicted octanol–water partition coefficient (Wildman–Crippen LogP) is 2.79. The van der Waals surface area contributed by atoms with Gasteiger partial charge in [-0.1, -0.05) is 6.92 Å². The number of methoxy groups -OCH3 is 1. The summed E-state index contributed by atoms with van der Waals surface area (Å²) in [7, 11) is 1.47.